The number of aryl methyl sites for hydroxylation is 2. The van der Waals surface area contributed by atoms with Crippen LogP contribution in [0.15, 0.2) is 30.3 Å². The maximum Gasteiger partial charge on any atom is 0.257 e. The molecule has 32 heavy (non-hydrogen) atoms. The number of morpholine rings is 1. The highest BCUT2D eigenvalue weighted by Gasteiger charge is 2.23. The zero-order chi connectivity index (χ0) is 22.8. The van der Waals surface area contributed by atoms with Crippen LogP contribution in [-0.2, 0) is 4.74 Å². The van der Waals surface area contributed by atoms with Gasteiger partial charge in [-0.3, -0.25) is 4.79 Å². The van der Waals surface area contributed by atoms with Crippen LogP contribution in [0.4, 0.5) is 11.5 Å². The monoisotopic (exact) mass is 435 g/mol. The van der Waals surface area contributed by atoms with E-state index in [4.69, 9.17) is 15.2 Å². The SMILES string of the molecule is COc1cc2c(NC(C)c3cc(C)cc(N)c3)nc(C)nc2cc1C(=O)N1CCOCC1. The lowest BCUT2D eigenvalue weighted by Gasteiger charge is -2.27. The van der Waals surface area contributed by atoms with Crippen LogP contribution in [0.3, 0.4) is 0 Å². The minimum absolute atomic E-state index is 0.0321. The number of benzene rings is 2. The molecule has 8 nitrogen and oxygen atoms in total. The van der Waals surface area contributed by atoms with E-state index in [1.54, 1.807) is 18.1 Å². The molecule has 1 atom stereocenters. The van der Waals surface area contributed by atoms with Crippen molar-refractivity contribution >= 4 is 28.3 Å². The van der Waals surface area contributed by atoms with Gasteiger partial charge in [0, 0.05) is 24.2 Å². The summed E-state index contributed by atoms with van der Waals surface area (Å²) in [4.78, 5) is 24.1. The number of aromatic nitrogens is 2. The van der Waals surface area contributed by atoms with E-state index in [1.165, 1.54) is 0 Å². The molecule has 0 spiro atoms. The fraction of sp³-hybridized carbons (Fsp3) is 0.375. The largest absolute Gasteiger partial charge is 0.496 e. The predicted molar refractivity (Wildman–Crippen MR) is 125 cm³/mol. The van der Waals surface area contributed by atoms with E-state index in [0.717, 1.165) is 22.2 Å². The number of fused-ring (bicyclic) bond motifs is 1. The van der Waals surface area contributed by atoms with E-state index in [1.807, 2.05) is 32.0 Å². The minimum atomic E-state index is -0.0820. The molecule has 0 bridgehead atoms. The molecule has 1 saturated heterocycles. The van der Waals surface area contributed by atoms with Crippen molar-refractivity contribution in [2.75, 3.05) is 44.5 Å². The second-order valence-electron chi connectivity index (χ2n) is 8.14. The molecule has 1 aromatic heterocycles. The highest BCUT2D eigenvalue weighted by Crippen LogP contribution is 2.32. The Labute approximate surface area is 187 Å². The molecule has 0 aliphatic carbocycles. The number of hydrogen-bond donors (Lipinski definition) is 2. The first-order valence-corrected chi connectivity index (χ1v) is 10.7. The third kappa shape index (κ3) is 4.45. The minimum Gasteiger partial charge on any atom is -0.496 e. The van der Waals surface area contributed by atoms with Crippen LogP contribution in [0.25, 0.3) is 10.9 Å². The average Bonchev–Trinajstić information content (AvgIpc) is 2.77. The third-order valence-corrected chi connectivity index (χ3v) is 5.63. The van der Waals surface area contributed by atoms with Gasteiger partial charge in [0.15, 0.2) is 0 Å². The van der Waals surface area contributed by atoms with Crippen molar-refractivity contribution in [3.05, 3.63) is 52.8 Å². The van der Waals surface area contributed by atoms with E-state index in [2.05, 4.69) is 28.3 Å². The van der Waals surface area contributed by atoms with Gasteiger partial charge in [0.1, 0.15) is 17.4 Å². The van der Waals surface area contributed by atoms with Crippen molar-refractivity contribution < 1.29 is 14.3 Å². The van der Waals surface area contributed by atoms with Crippen LogP contribution < -0.4 is 15.8 Å². The number of nitrogens with zero attached hydrogens (tertiary/aromatic N) is 3. The first-order chi connectivity index (χ1) is 15.4. The summed E-state index contributed by atoms with van der Waals surface area (Å²) in [7, 11) is 1.57. The highest BCUT2D eigenvalue weighted by molar-refractivity contribution is 6.02. The lowest BCUT2D eigenvalue weighted by atomic mass is 10.0. The summed E-state index contributed by atoms with van der Waals surface area (Å²) < 4.78 is 11.0. The highest BCUT2D eigenvalue weighted by atomic mass is 16.5. The van der Waals surface area contributed by atoms with Crippen molar-refractivity contribution in [1.29, 1.82) is 0 Å². The van der Waals surface area contributed by atoms with Crippen LogP contribution in [-0.4, -0.2) is 54.2 Å². The standard InChI is InChI=1S/C24H29N5O3/c1-14-9-17(11-18(25)10-14)15(2)26-23-19-13-22(31-4)20(12-21(19)27-16(3)28-23)24(30)29-5-7-32-8-6-29/h9-13,15H,5-8,25H2,1-4H3,(H,26,27,28). The number of nitrogens with one attached hydrogen (secondary N) is 1. The number of hydrogen-bond acceptors (Lipinski definition) is 7. The summed E-state index contributed by atoms with van der Waals surface area (Å²) in [6, 6.07) is 9.60. The van der Waals surface area contributed by atoms with E-state index in [0.29, 0.717) is 54.8 Å². The molecule has 2 heterocycles. The Bertz CT molecular complexity index is 1140. The van der Waals surface area contributed by atoms with Gasteiger partial charge >= 0.3 is 0 Å². The number of amides is 1. The van der Waals surface area contributed by atoms with E-state index in [9.17, 15) is 4.79 Å². The van der Waals surface area contributed by atoms with Crippen LogP contribution in [0.5, 0.6) is 5.75 Å². The fourth-order valence-electron chi connectivity index (χ4n) is 4.04. The molecule has 1 aliphatic rings. The summed E-state index contributed by atoms with van der Waals surface area (Å²) >= 11 is 0. The molecule has 3 N–H and O–H groups in total. The molecule has 1 fully saturated rings. The van der Waals surface area contributed by atoms with Crippen molar-refractivity contribution in [3.8, 4) is 5.75 Å². The van der Waals surface area contributed by atoms with Crippen molar-refractivity contribution in [3.63, 3.8) is 0 Å². The number of nitrogens with two attached hydrogens (primary N) is 1. The smallest absolute Gasteiger partial charge is 0.257 e. The Morgan fingerprint density at radius 2 is 1.91 bits per heavy atom. The maximum absolute atomic E-state index is 13.1. The number of nitrogen functional groups attached to an aromatic ring is 1. The summed E-state index contributed by atoms with van der Waals surface area (Å²) in [5.74, 6) is 1.72. The molecule has 1 unspecified atom stereocenters. The lowest BCUT2D eigenvalue weighted by molar-refractivity contribution is 0.0301. The molecule has 4 rings (SSSR count). The summed E-state index contributed by atoms with van der Waals surface area (Å²) in [6.45, 7) is 8.13. The Kier molecular flexibility index (Phi) is 6.14. The van der Waals surface area contributed by atoms with Gasteiger partial charge < -0.3 is 25.4 Å². The van der Waals surface area contributed by atoms with Gasteiger partial charge in [-0.2, -0.15) is 0 Å². The quantitative estimate of drug-likeness (QED) is 0.592. The van der Waals surface area contributed by atoms with Gasteiger partial charge in [-0.15, -0.1) is 0 Å². The number of anilines is 2. The summed E-state index contributed by atoms with van der Waals surface area (Å²) in [6.07, 6.45) is 0. The second kappa shape index (κ2) is 9.00. The number of rotatable bonds is 5. The van der Waals surface area contributed by atoms with E-state index in [-0.39, 0.29) is 11.9 Å². The zero-order valence-corrected chi connectivity index (χ0v) is 18.9. The van der Waals surface area contributed by atoms with Gasteiger partial charge in [0.2, 0.25) is 0 Å². The summed E-state index contributed by atoms with van der Waals surface area (Å²) in [5, 5.41) is 4.28. The molecule has 3 aromatic rings. The van der Waals surface area contributed by atoms with Crippen LogP contribution in [0.2, 0.25) is 0 Å². The lowest BCUT2D eigenvalue weighted by Crippen LogP contribution is -2.40. The van der Waals surface area contributed by atoms with Crippen LogP contribution >= 0.6 is 0 Å². The Balaban J connectivity index is 1.73. The van der Waals surface area contributed by atoms with Crippen LogP contribution in [0, 0.1) is 13.8 Å². The van der Waals surface area contributed by atoms with E-state index >= 15 is 0 Å². The predicted octanol–water partition coefficient (Wildman–Crippen LogP) is 3.48. The fourth-order valence-corrected chi connectivity index (χ4v) is 4.04. The maximum atomic E-state index is 13.1. The molecule has 1 aliphatic heterocycles. The molecule has 8 heteroatoms. The second-order valence-corrected chi connectivity index (χ2v) is 8.14. The Morgan fingerprint density at radius 3 is 2.59 bits per heavy atom. The number of carbonyl (C=O) groups excluding carboxylic acids is 1. The molecule has 0 radical (unpaired) electrons. The van der Waals surface area contributed by atoms with Crippen LogP contribution in [0.1, 0.15) is 40.3 Å². The molecular formula is C24H29N5O3. The molecular weight excluding hydrogens is 406 g/mol. The Morgan fingerprint density at radius 1 is 1.16 bits per heavy atom. The van der Waals surface area contributed by atoms with Crippen molar-refractivity contribution in [2.45, 2.75) is 26.8 Å². The molecule has 168 valence electrons. The topological polar surface area (TPSA) is 103 Å². The first kappa shape index (κ1) is 21.8. The Hall–Kier alpha value is -3.39. The van der Waals surface area contributed by atoms with Gasteiger partial charge in [-0.25, -0.2) is 9.97 Å². The molecule has 2 aromatic carbocycles. The van der Waals surface area contributed by atoms with Gasteiger partial charge in [0.25, 0.3) is 5.91 Å². The van der Waals surface area contributed by atoms with Gasteiger partial charge in [0.05, 0.1) is 37.4 Å². The zero-order valence-electron chi connectivity index (χ0n) is 18.9. The van der Waals surface area contributed by atoms with Crippen molar-refractivity contribution in [2.24, 2.45) is 0 Å². The molecule has 0 saturated carbocycles. The summed E-state index contributed by atoms with van der Waals surface area (Å²) in [5.41, 5.74) is 10.1. The number of ether oxygens (including phenoxy) is 2. The average molecular weight is 436 g/mol. The van der Waals surface area contributed by atoms with Crippen molar-refractivity contribution in [1.82, 2.24) is 14.9 Å². The number of carbonyl (C=O) groups is 1. The van der Waals surface area contributed by atoms with Gasteiger partial charge in [-0.05, 0) is 56.2 Å². The normalized spacial score (nSPS) is 14.9. The third-order valence-electron chi connectivity index (χ3n) is 5.63. The first-order valence-electron chi connectivity index (χ1n) is 10.7. The molecule has 1 amide bonds. The van der Waals surface area contributed by atoms with Gasteiger partial charge in [-0.1, -0.05) is 6.07 Å². The number of methoxy groups -OCH3 is 1. The van der Waals surface area contributed by atoms with E-state index < -0.39 is 0 Å².